The molecule has 0 aliphatic carbocycles. The topological polar surface area (TPSA) is 149 Å². The maximum absolute atomic E-state index is 13.3. The van der Waals surface area contributed by atoms with Gasteiger partial charge in [-0.25, -0.2) is 4.79 Å². The monoisotopic (exact) mass is 652 g/mol. The van der Waals surface area contributed by atoms with Gasteiger partial charge in [0, 0.05) is 38.9 Å². The number of Topliss-reactive ketones (excluding diaryl/α,β-unsaturated/α-hetero) is 1. The van der Waals surface area contributed by atoms with Gasteiger partial charge in [0.05, 0.1) is 31.4 Å². The zero-order valence-corrected chi connectivity index (χ0v) is 29.3. The lowest BCUT2D eigenvalue weighted by atomic mass is 9.67. The number of hydrogen-bond donors (Lipinski definition) is 2. The van der Waals surface area contributed by atoms with Crippen molar-refractivity contribution in [3.05, 3.63) is 30.6 Å². The van der Waals surface area contributed by atoms with Gasteiger partial charge in [0.1, 0.15) is 23.0 Å². The van der Waals surface area contributed by atoms with Crippen molar-refractivity contribution in [2.75, 3.05) is 20.2 Å². The molecule has 1 saturated heterocycles. The summed E-state index contributed by atoms with van der Waals surface area (Å²) in [5.41, 5.74) is -0.00188. The lowest BCUT2D eigenvalue weighted by Crippen LogP contribution is -2.58. The van der Waals surface area contributed by atoms with Crippen molar-refractivity contribution in [2.45, 2.75) is 116 Å². The molecule has 1 aliphatic rings. The summed E-state index contributed by atoms with van der Waals surface area (Å²) in [6.45, 7) is 15.5. The number of rotatable bonds is 20. The molecule has 8 atom stereocenters. The molecule has 47 heavy (non-hydrogen) atoms. The van der Waals surface area contributed by atoms with Gasteiger partial charge in [-0.05, 0) is 89.7 Å². The molecule has 12 nitrogen and oxygen atoms in total. The lowest BCUT2D eigenvalue weighted by molar-refractivity contribution is -0.146. The van der Waals surface area contributed by atoms with Crippen molar-refractivity contribution in [1.82, 2.24) is 30.2 Å². The maximum atomic E-state index is 13.3. The summed E-state index contributed by atoms with van der Waals surface area (Å²) in [6, 6.07) is 5.40. The van der Waals surface area contributed by atoms with Crippen molar-refractivity contribution in [3.8, 4) is 11.4 Å². The third kappa shape index (κ3) is 9.40. The molecule has 0 unspecified atom stereocenters. The van der Waals surface area contributed by atoms with Crippen LogP contribution in [0.15, 0.2) is 30.6 Å². The van der Waals surface area contributed by atoms with E-state index >= 15 is 0 Å². The number of carbonyl (C=O) groups is 3. The van der Waals surface area contributed by atoms with E-state index in [-0.39, 0.29) is 36.4 Å². The fourth-order valence-corrected chi connectivity index (χ4v) is 6.52. The highest BCUT2D eigenvalue weighted by atomic mass is 16.6. The second kappa shape index (κ2) is 16.7. The summed E-state index contributed by atoms with van der Waals surface area (Å²) in [7, 11) is 7.98. The fraction of sp³-hybridized carbons (Fsp3) is 0.706. The minimum absolute atomic E-state index is 0.0829. The van der Waals surface area contributed by atoms with Crippen LogP contribution < -0.4 is 5.32 Å². The first-order valence-corrected chi connectivity index (χ1v) is 16.8. The second-order valence-corrected chi connectivity index (χ2v) is 13.6. The summed E-state index contributed by atoms with van der Waals surface area (Å²) in [5, 5.41) is 21.4. The number of unbranched alkanes of at least 4 members (excludes halogenated alkanes) is 1. The van der Waals surface area contributed by atoms with Gasteiger partial charge in [-0.3, -0.25) is 24.2 Å². The van der Waals surface area contributed by atoms with E-state index < -0.39 is 34.7 Å². The van der Waals surface area contributed by atoms with Crippen molar-refractivity contribution < 1.29 is 29.0 Å². The van der Waals surface area contributed by atoms with E-state index in [1.54, 1.807) is 18.0 Å². The molecule has 2 N–H and O–H groups in total. The number of aryl methyl sites for hydroxylation is 1. The van der Waals surface area contributed by atoms with Crippen molar-refractivity contribution in [1.29, 1.82) is 0 Å². The summed E-state index contributed by atoms with van der Waals surface area (Å²) >= 11 is 0. The van der Waals surface area contributed by atoms with Gasteiger partial charge < -0.3 is 19.9 Å². The van der Waals surface area contributed by atoms with Crippen LogP contribution in [-0.2, 0) is 25.6 Å². The van der Waals surface area contributed by atoms with Crippen LogP contribution in [0.2, 0.25) is 5.82 Å². The zero-order valence-electron chi connectivity index (χ0n) is 29.3. The highest BCUT2D eigenvalue weighted by Gasteiger charge is 2.55. The molecule has 0 saturated carbocycles. The Morgan fingerprint density at radius 2 is 1.89 bits per heavy atom. The molecule has 2 radical (unpaired) electrons. The van der Waals surface area contributed by atoms with Crippen LogP contribution in [0, 0.1) is 17.8 Å². The molecule has 1 fully saturated rings. The predicted octanol–water partition coefficient (Wildman–Crippen LogP) is 4.79. The molecular weight excluding hydrogens is 599 g/mol. The van der Waals surface area contributed by atoms with E-state index in [0.29, 0.717) is 26.1 Å². The van der Waals surface area contributed by atoms with Gasteiger partial charge >= 0.3 is 12.1 Å². The molecule has 3 rings (SSSR count). The average molecular weight is 653 g/mol. The van der Waals surface area contributed by atoms with E-state index in [2.05, 4.69) is 48.3 Å². The number of pyridine rings is 1. The number of hydrogen-bond acceptors (Lipinski definition) is 9. The van der Waals surface area contributed by atoms with Crippen LogP contribution in [0.3, 0.4) is 0 Å². The Hall–Kier alpha value is -3.32. The lowest BCUT2D eigenvalue weighted by Gasteiger charge is -2.41. The number of cyclic esters (lactones) is 1. The first-order chi connectivity index (χ1) is 22.2. The molecule has 258 valence electrons. The van der Waals surface area contributed by atoms with Crippen molar-refractivity contribution in [3.63, 3.8) is 0 Å². The second-order valence-electron chi connectivity index (χ2n) is 13.6. The van der Waals surface area contributed by atoms with Crippen LogP contribution in [0.25, 0.3) is 11.4 Å². The Balaban J connectivity index is 1.61. The van der Waals surface area contributed by atoms with Gasteiger partial charge in [0.25, 0.3) is 0 Å². The van der Waals surface area contributed by atoms with Crippen LogP contribution in [0.1, 0.15) is 80.6 Å². The van der Waals surface area contributed by atoms with E-state index in [9.17, 15) is 19.5 Å². The maximum Gasteiger partial charge on any atom is 0.410 e. The first-order valence-electron chi connectivity index (χ1n) is 16.8. The molecule has 1 amide bonds. The van der Waals surface area contributed by atoms with Crippen LogP contribution in [0.5, 0.6) is 0 Å². The quantitative estimate of drug-likeness (QED) is 0.116. The van der Waals surface area contributed by atoms with Gasteiger partial charge in [0.15, 0.2) is 0 Å². The molecular formula is C34H53BN6O6. The number of carboxylic acids is 1. The minimum atomic E-state index is -1.16. The number of methoxy groups -OCH3 is 1. The summed E-state index contributed by atoms with van der Waals surface area (Å²) in [6.07, 6.45) is 6.24. The third-order valence-electron chi connectivity index (χ3n) is 10.1. The summed E-state index contributed by atoms with van der Waals surface area (Å²) in [5.74, 6) is -3.12. The molecule has 0 aromatic carbocycles. The van der Waals surface area contributed by atoms with Crippen LogP contribution in [0.4, 0.5) is 4.79 Å². The SMILES string of the molecule is [B][C@H](CC(=O)[C@@H](C)C(=O)O)[C@](C)(C[C@@H](C)CN[C@H](C)[C@H]1N(CCCCn2cc(-c3ccccn3)nn2)C(=O)O[C@]1(C)[C@H](C)CC)OC. The third-order valence-corrected chi connectivity index (χ3v) is 10.1. The Kier molecular flexibility index (Phi) is 13.5. The Morgan fingerprint density at radius 3 is 2.51 bits per heavy atom. The smallest absolute Gasteiger partial charge is 0.410 e. The largest absolute Gasteiger partial charge is 0.481 e. The number of aromatic nitrogens is 4. The Labute approximate surface area is 280 Å². The van der Waals surface area contributed by atoms with E-state index in [1.807, 2.05) is 43.1 Å². The molecule has 2 aromatic heterocycles. The van der Waals surface area contributed by atoms with Crippen LogP contribution >= 0.6 is 0 Å². The number of ketones is 1. The Morgan fingerprint density at radius 1 is 1.19 bits per heavy atom. The normalized spacial score (nSPS) is 22.6. The number of ether oxygens (including phenoxy) is 2. The number of carboxylic acid groups (broad SMARTS) is 1. The highest BCUT2D eigenvalue weighted by Crippen LogP contribution is 2.40. The molecule has 13 heteroatoms. The highest BCUT2D eigenvalue weighted by molar-refractivity contribution is 6.15. The van der Waals surface area contributed by atoms with Crippen LogP contribution in [-0.4, -0.2) is 99.2 Å². The number of amides is 1. The number of aliphatic carboxylic acids is 1. The van der Waals surface area contributed by atoms with Gasteiger partial charge in [-0.15, -0.1) is 5.10 Å². The fourth-order valence-electron chi connectivity index (χ4n) is 6.52. The molecule has 3 heterocycles. The summed E-state index contributed by atoms with van der Waals surface area (Å²) < 4.78 is 13.7. The summed E-state index contributed by atoms with van der Waals surface area (Å²) in [4.78, 5) is 43.2. The number of carbonyl (C=O) groups excluding carboxylic acids is 2. The van der Waals surface area contributed by atoms with E-state index in [1.165, 1.54) is 6.92 Å². The molecule has 2 aromatic rings. The van der Waals surface area contributed by atoms with Gasteiger partial charge in [-0.1, -0.05) is 32.1 Å². The van der Waals surface area contributed by atoms with Crippen molar-refractivity contribution in [2.24, 2.45) is 17.8 Å². The first kappa shape index (κ1) is 38.1. The van der Waals surface area contributed by atoms with Gasteiger partial charge in [-0.2, -0.15) is 0 Å². The van der Waals surface area contributed by atoms with Crippen molar-refractivity contribution >= 4 is 25.7 Å². The van der Waals surface area contributed by atoms with E-state index in [4.69, 9.17) is 17.3 Å². The molecule has 0 bridgehead atoms. The Bertz CT molecular complexity index is 1330. The zero-order chi connectivity index (χ0) is 34.9. The predicted molar refractivity (Wildman–Crippen MR) is 180 cm³/mol. The molecule has 0 spiro atoms. The average Bonchev–Trinajstić information content (AvgIpc) is 3.63. The minimum Gasteiger partial charge on any atom is -0.481 e. The molecule has 1 aliphatic heterocycles. The number of nitrogens with one attached hydrogen (secondary N) is 1. The van der Waals surface area contributed by atoms with E-state index in [0.717, 1.165) is 30.7 Å². The van der Waals surface area contributed by atoms with Gasteiger partial charge in [0.2, 0.25) is 0 Å². The standard InChI is InChI=1S/C34H53BN6O6/c1-9-23(3)34(7)30(25(5)37-20-22(2)19-33(6,46-8)29(35)18-28(42)24(4)31(43)44)41(32(45)47-34)17-13-12-16-40-21-27(38-39-40)26-14-10-11-15-36-26/h10-11,14-15,21-25,29-30,37H,9,12-13,16-20H2,1-8H3,(H,43,44)/t22-,23-,24-,25-,29-,30-,33+,34-/m1/s1. The number of nitrogens with zero attached hydrogens (tertiary/aromatic N) is 5.